The maximum absolute atomic E-state index is 6.24. The van der Waals surface area contributed by atoms with Crippen molar-refractivity contribution in [3.8, 4) is 5.69 Å². The van der Waals surface area contributed by atoms with E-state index in [2.05, 4.69) is 41.2 Å². The summed E-state index contributed by atoms with van der Waals surface area (Å²) in [6, 6.07) is 10.4. The van der Waals surface area contributed by atoms with Crippen molar-refractivity contribution < 1.29 is 0 Å². The molecule has 2 unspecified atom stereocenters. The summed E-state index contributed by atoms with van der Waals surface area (Å²) >= 11 is 0. The van der Waals surface area contributed by atoms with Crippen molar-refractivity contribution in [2.75, 3.05) is 13.1 Å². The van der Waals surface area contributed by atoms with E-state index in [9.17, 15) is 0 Å². The minimum Gasteiger partial charge on any atom is -0.327 e. The van der Waals surface area contributed by atoms with Gasteiger partial charge < -0.3 is 5.73 Å². The Kier molecular flexibility index (Phi) is 3.97. The predicted molar refractivity (Wildman–Crippen MR) is 85.5 cm³/mol. The Morgan fingerprint density at radius 2 is 2.00 bits per heavy atom. The van der Waals surface area contributed by atoms with Gasteiger partial charge in [0.25, 0.3) is 0 Å². The molecular weight excluding hydrogens is 276 g/mol. The van der Waals surface area contributed by atoms with Crippen LogP contribution in [0.2, 0.25) is 0 Å². The van der Waals surface area contributed by atoms with E-state index in [0.29, 0.717) is 0 Å². The van der Waals surface area contributed by atoms with Gasteiger partial charge in [0, 0.05) is 19.1 Å². The smallest absolute Gasteiger partial charge is 0.173 e. The second kappa shape index (κ2) is 5.78. The van der Waals surface area contributed by atoms with Gasteiger partial charge in [0.1, 0.15) is 0 Å². The SMILES string of the molecule is CC(c1nnnn1-c1ccccc1)N1CCC(N)C(C)(C)C1. The average Bonchev–Trinajstić information content (AvgIpc) is 2.99. The molecule has 0 amide bonds. The number of benzene rings is 1. The van der Waals surface area contributed by atoms with E-state index in [1.807, 2.05) is 35.0 Å². The number of hydrogen-bond donors (Lipinski definition) is 1. The molecule has 1 aliphatic heterocycles. The average molecular weight is 300 g/mol. The molecule has 2 atom stereocenters. The fourth-order valence-corrected chi connectivity index (χ4v) is 3.12. The number of nitrogens with two attached hydrogens (primary N) is 1. The van der Waals surface area contributed by atoms with Crippen LogP contribution in [0.15, 0.2) is 30.3 Å². The van der Waals surface area contributed by atoms with Crippen LogP contribution in [0, 0.1) is 5.41 Å². The Balaban J connectivity index is 1.85. The van der Waals surface area contributed by atoms with Crippen molar-refractivity contribution in [2.24, 2.45) is 11.1 Å². The molecule has 2 aromatic rings. The predicted octanol–water partition coefficient (Wildman–Crippen LogP) is 1.78. The normalized spacial score (nSPS) is 23.4. The molecule has 0 spiro atoms. The molecule has 3 rings (SSSR count). The molecule has 1 aromatic carbocycles. The van der Waals surface area contributed by atoms with Crippen molar-refractivity contribution in [3.63, 3.8) is 0 Å². The number of tetrazole rings is 1. The molecule has 22 heavy (non-hydrogen) atoms. The zero-order valence-electron chi connectivity index (χ0n) is 13.5. The summed E-state index contributed by atoms with van der Waals surface area (Å²) in [6.45, 7) is 8.57. The number of rotatable bonds is 3. The van der Waals surface area contributed by atoms with Gasteiger partial charge in [0.15, 0.2) is 5.82 Å². The lowest BCUT2D eigenvalue weighted by Crippen LogP contribution is -2.53. The highest BCUT2D eigenvalue weighted by atomic mass is 15.6. The lowest BCUT2D eigenvalue weighted by atomic mass is 9.79. The Morgan fingerprint density at radius 1 is 1.27 bits per heavy atom. The molecule has 6 nitrogen and oxygen atoms in total. The molecule has 0 radical (unpaired) electrons. The van der Waals surface area contributed by atoms with Crippen LogP contribution in [0.1, 0.15) is 39.1 Å². The lowest BCUT2D eigenvalue weighted by Gasteiger charge is -2.44. The fourth-order valence-electron chi connectivity index (χ4n) is 3.12. The van der Waals surface area contributed by atoms with Crippen LogP contribution in [0.3, 0.4) is 0 Å². The first-order valence-corrected chi connectivity index (χ1v) is 7.82. The van der Waals surface area contributed by atoms with E-state index in [4.69, 9.17) is 5.73 Å². The topological polar surface area (TPSA) is 72.9 Å². The van der Waals surface area contributed by atoms with Gasteiger partial charge in [-0.05, 0) is 41.3 Å². The van der Waals surface area contributed by atoms with Crippen LogP contribution in [-0.2, 0) is 0 Å². The summed E-state index contributed by atoms with van der Waals surface area (Å²) in [6.07, 6.45) is 1.00. The van der Waals surface area contributed by atoms with Crippen molar-refractivity contribution in [2.45, 2.75) is 39.3 Å². The second-order valence-corrected chi connectivity index (χ2v) is 6.81. The molecule has 0 bridgehead atoms. The number of hydrogen-bond acceptors (Lipinski definition) is 5. The standard InChI is InChI=1S/C16H24N6/c1-12(21-10-9-14(17)16(2,3)11-21)15-18-19-20-22(15)13-7-5-4-6-8-13/h4-8,12,14H,9-11,17H2,1-3H3. The number of aromatic nitrogens is 4. The van der Waals surface area contributed by atoms with Crippen LogP contribution in [-0.4, -0.2) is 44.2 Å². The van der Waals surface area contributed by atoms with E-state index < -0.39 is 0 Å². The molecule has 1 aliphatic rings. The summed E-state index contributed by atoms with van der Waals surface area (Å²) in [4.78, 5) is 2.43. The largest absolute Gasteiger partial charge is 0.327 e. The van der Waals surface area contributed by atoms with Crippen LogP contribution >= 0.6 is 0 Å². The molecule has 1 saturated heterocycles. The zero-order chi connectivity index (χ0) is 15.7. The fraction of sp³-hybridized carbons (Fsp3) is 0.562. The number of para-hydroxylation sites is 1. The Morgan fingerprint density at radius 3 is 2.68 bits per heavy atom. The highest BCUT2D eigenvalue weighted by Gasteiger charge is 2.36. The summed E-state index contributed by atoms with van der Waals surface area (Å²) in [7, 11) is 0. The molecular formula is C16H24N6. The highest BCUT2D eigenvalue weighted by molar-refractivity contribution is 5.30. The van der Waals surface area contributed by atoms with Gasteiger partial charge in [-0.3, -0.25) is 4.90 Å². The first-order chi connectivity index (χ1) is 10.5. The minimum absolute atomic E-state index is 0.109. The maximum atomic E-state index is 6.24. The van der Waals surface area contributed by atoms with Gasteiger partial charge in [-0.25, -0.2) is 0 Å². The van der Waals surface area contributed by atoms with Gasteiger partial charge in [-0.1, -0.05) is 32.0 Å². The third-order valence-electron chi connectivity index (χ3n) is 4.76. The summed E-state index contributed by atoms with van der Waals surface area (Å²) in [5.74, 6) is 0.873. The van der Waals surface area contributed by atoms with Gasteiger partial charge >= 0.3 is 0 Å². The van der Waals surface area contributed by atoms with Crippen molar-refractivity contribution in [3.05, 3.63) is 36.2 Å². The second-order valence-electron chi connectivity index (χ2n) is 6.81. The molecule has 2 heterocycles. The summed E-state index contributed by atoms with van der Waals surface area (Å²) in [5, 5.41) is 12.3. The van der Waals surface area contributed by atoms with Crippen molar-refractivity contribution in [1.82, 2.24) is 25.1 Å². The molecule has 6 heteroatoms. The molecule has 0 aliphatic carbocycles. The highest BCUT2D eigenvalue weighted by Crippen LogP contribution is 2.32. The maximum Gasteiger partial charge on any atom is 0.173 e. The van der Waals surface area contributed by atoms with Crippen molar-refractivity contribution in [1.29, 1.82) is 0 Å². The molecule has 1 fully saturated rings. The van der Waals surface area contributed by atoms with E-state index in [1.165, 1.54) is 0 Å². The Hall–Kier alpha value is -1.79. The third kappa shape index (κ3) is 2.76. The van der Waals surface area contributed by atoms with Gasteiger partial charge in [0.05, 0.1) is 11.7 Å². The Labute approximate surface area is 131 Å². The summed E-state index contributed by atoms with van der Waals surface area (Å²) < 4.78 is 1.83. The van der Waals surface area contributed by atoms with Gasteiger partial charge in [0.2, 0.25) is 0 Å². The van der Waals surface area contributed by atoms with Gasteiger partial charge in [-0.15, -0.1) is 5.10 Å². The molecule has 118 valence electrons. The van der Waals surface area contributed by atoms with E-state index in [-0.39, 0.29) is 17.5 Å². The first-order valence-electron chi connectivity index (χ1n) is 7.82. The van der Waals surface area contributed by atoms with E-state index in [1.54, 1.807) is 0 Å². The third-order valence-corrected chi connectivity index (χ3v) is 4.76. The lowest BCUT2D eigenvalue weighted by molar-refractivity contribution is 0.0628. The Bertz CT molecular complexity index is 621. The number of piperidine rings is 1. The monoisotopic (exact) mass is 300 g/mol. The van der Waals surface area contributed by atoms with Crippen LogP contribution < -0.4 is 5.73 Å². The zero-order valence-corrected chi connectivity index (χ0v) is 13.5. The van der Waals surface area contributed by atoms with Crippen molar-refractivity contribution >= 4 is 0 Å². The first kappa shape index (κ1) is 15.1. The minimum atomic E-state index is 0.109. The van der Waals surface area contributed by atoms with Crippen LogP contribution in [0.25, 0.3) is 5.69 Å². The van der Waals surface area contributed by atoms with E-state index >= 15 is 0 Å². The van der Waals surface area contributed by atoms with E-state index in [0.717, 1.165) is 31.0 Å². The quantitative estimate of drug-likeness (QED) is 0.935. The van der Waals surface area contributed by atoms with Crippen LogP contribution in [0.4, 0.5) is 0 Å². The molecule has 2 N–H and O–H groups in total. The number of nitrogens with zero attached hydrogens (tertiary/aromatic N) is 5. The molecule has 0 saturated carbocycles. The molecule has 1 aromatic heterocycles. The van der Waals surface area contributed by atoms with Gasteiger partial charge in [-0.2, -0.15) is 4.68 Å². The number of likely N-dealkylation sites (tertiary alicyclic amines) is 1. The van der Waals surface area contributed by atoms with Crippen LogP contribution in [0.5, 0.6) is 0 Å². The summed E-state index contributed by atoms with van der Waals surface area (Å²) in [5.41, 5.74) is 7.34.